The lowest BCUT2D eigenvalue weighted by atomic mass is 10.1. The zero-order chi connectivity index (χ0) is 15.9. The summed E-state index contributed by atoms with van der Waals surface area (Å²) in [6.07, 6.45) is 0. The van der Waals surface area contributed by atoms with Crippen LogP contribution < -0.4 is 15.5 Å². The van der Waals surface area contributed by atoms with E-state index in [0.29, 0.717) is 6.54 Å². The SMILES string of the molecule is Cc1cc(N(C)CCO)ccc1NC(=O)Nc1ccccc1. The summed E-state index contributed by atoms with van der Waals surface area (Å²) in [5.74, 6) is 0. The van der Waals surface area contributed by atoms with Crippen molar-refractivity contribution in [2.24, 2.45) is 0 Å². The summed E-state index contributed by atoms with van der Waals surface area (Å²) in [7, 11) is 1.92. The molecule has 0 radical (unpaired) electrons. The van der Waals surface area contributed by atoms with Crippen molar-refractivity contribution >= 4 is 23.1 Å². The Kier molecular flexibility index (Phi) is 5.38. The molecular weight excluding hydrogens is 278 g/mol. The minimum Gasteiger partial charge on any atom is -0.395 e. The van der Waals surface area contributed by atoms with E-state index in [9.17, 15) is 4.79 Å². The lowest BCUT2D eigenvalue weighted by Crippen LogP contribution is -2.22. The number of nitrogens with zero attached hydrogens (tertiary/aromatic N) is 1. The van der Waals surface area contributed by atoms with Crippen LogP contribution in [0, 0.1) is 6.92 Å². The van der Waals surface area contributed by atoms with Gasteiger partial charge in [-0.1, -0.05) is 18.2 Å². The number of anilines is 3. The summed E-state index contributed by atoms with van der Waals surface area (Å²) in [5.41, 5.74) is 3.47. The first-order chi connectivity index (χ1) is 10.6. The van der Waals surface area contributed by atoms with Crippen molar-refractivity contribution in [2.45, 2.75) is 6.92 Å². The molecule has 0 aliphatic heterocycles. The van der Waals surface area contributed by atoms with Gasteiger partial charge < -0.3 is 20.6 Å². The van der Waals surface area contributed by atoms with Gasteiger partial charge in [-0.15, -0.1) is 0 Å². The number of aliphatic hydroxyl groups excluding tert-OH is 1. The highest BCUT2D eigenvalue weighted by atomic mass is 16.3. The standard InChI is InChI=1S/C17H21N3O2/c1-13-12-15(20(2)10-11-21)8-9-16(13)19-17(22)18-14-6-4-3-5-7-14/h3-9,12,21H,10-11H2,1-2H3,(H2,18,19,22). The minimum atomic E-state index is -0.272. The molecule has 0 aliphatic rings. The van der Waals surface area contributed by atoms with E-state index < -0.39 is 0 Å². The van der Waals surface area contributed by atoms with Crippen molar-refractivity contribution in [3.63, 3.8) is 0 Å². The number of carbonyl (C=O) groups is 1. The molecule has 2 rings (SSSR count). The van der Waals surface area contributed by atoms with Crippen molar-refractivity contribution < 1.29 is 9.90 Å². The second-order valence-electron chi connectivity index (χ2n) is 5.09. The summed E-state index contributed by atoms with van der Waals surface area (Å²) in [4.78, 5) is 13.9. The molecule has 0 saturated carbocycles. The van der Waals surface area contributed by atoms with Gasteiger partial charge in [0.1, 0.15) is 0 Å². The highest BCUT2D eigenvalue weighted by Crippen LogP contribution is 2.22. The molecule has 0 unspecified atom stereocenters. The molecule has 0 aromatic heterocycles. The minimum absolute atomic E-state index is 0.106. The van der Waals surface area contributed by atoms with E-state index in [1.165, 1.54) is 0 Å². The molecule has 0 fully saturated rings. The van der Waals surface area contributed by atoms with Gasteiger partial charge >= 0.3 is 6.03 Å². The van der Waals surface area contributed by atoms with Crippen LogP contribution in [0.25, 0.3) is 0 Å². The predicted molar refractivity (Wildman–Crippen MR) is 90.6 cm³/mol. The molecule has 2 amide bonds. The average molecular weight is 299 g/mol. The number of urea groups is 1. The third-order valence-electron chi connectivity index (χ3n) is 3.37. The molecule has 5 nitrogen and oxygen atoms in total. The Hall–Kier alpha value is -2.53. The van der Waals surface area contributed by atoms with E-state index >= 15 is 0 Å². The quantitative estimate of drug-likeness (QED) is 0.795. The van der Waals surface area contributed by atoms with E-state index in [1.807, 2.05) is 67.4 Å². The van der Waals surface area contributed by atoms with E-state index in [4.69, 9.17) is 5.11 Å². The van der Waals surface area contributed by atoms with E-state index in [2.05, 4.69) is 10.6 Å². The molecule has 0 heterocycles. The number of amides is 2. The number of rotatable bonds is 5. The zero-order valence-electron chi connectivity index (χ0n) is 12.8. The number of hydrogen-bond acceptors (Lipinski definition) is 3. The van der Waals surface area contributed by atoms with Crippen LogP contribution in [-0.4, -0.2) is 31.3 Å². The molecule has 2 aromatic carbocycles. The van der Waals surface area contributed by atoms with Gasteiger partial charge in [0.05, 0.1) is 6.61 Å². The third kappa shape index (κ3) is 4.23. The number of nitrogens with one attached hydrogen (secondary N) is 2. The first-order valence-corrected chi connectivity index (χ1v) is 7.16. The Labute approximate surface area is 130 Å². The van der Waals surface area contributed by atoms with Gasteiger partial charge in [-0.25, -0.2) is 4.79 Å². The highest BCUT2D eigenvalue weighted by molar-refractivity contribution is 6.00. The summed E-state index contributed by atoms with van der Waals surface area (Å²) >= 11 is 0. The Morgan fingerprint density at radius 3 is 2.50 bits per heavy atom. The molecule has 0 saturated heterocycles. The van der Waals surface area contributed by atoms with E-state index in [1.54, 1.807) is 0 Å². The van der Waals surface area contributed by atoms with Crippen molar-refractivity contribution in [2.75, 3.05) is 35.7 Å². The predicted octanol–water partition coefficient (Wildman–Crippen LogP) is 3.07. The topological polar surface area (TPSA) is 64.6 Å². The fraction of sp³-hybridized carbons (Fsp3) is 0.235. The van der Waals surface area contributed by atoms with Crippen LogP contribution >= 0.6 is 0 Å². The Morgan fingerprint density at radius 1 is 1.14 bits per heavy atom. The van der Waals surface area contributed by atoms with Gasteiger partial charge in [0.2, 0.25) is 0 Å². The maximum atomic E-state index is 12.0. The van der Waals surface area contributed by atoms with Gasteiger partial charge in [-0.05, 0) is 42.8 Å². The molecule has 0 atom stereocenters. The summed E-state index contributed by atoms with van der Waals surface area (Å²) in [5, 5.41) is 14.6. The van der Waals surface area contributed by atoms with Crippen LogP contribution in [0.15, 0.2) is 48.5 Å². The third-order valence-corrected chi connectivity index (χ3v) is 3.37. The maximum Gasteiger partial charge on any atom is 0.323 e. The van der Waals surface area contributed by atoms with E-state index in [-0.39, 0.29) is 12.6 Å². The smallest absolute Gasteiger partial charge is 0.323 e. The molecule has 5 heteroatoms. The normalized spacial score (nSPS) is 10.1. The van der Waals surface area contributed by atoms with Crippen molar-refractivity contribution in [1.29, 1.82) is 0 Å². The van der Waals surface area contributed by atoms with Crippen LogP contribution in [-0.2, 0) is 0 Å². The number of carbonyl (C=O) groups excluding carboxylic acids is 1. The number of benzene rings is 2. The fourth-order valence-corrected chi connectivity index (χ4v) is 2.11. The Morgan fingerprint density at radius 2 is 1.86 bits per heavy atom. The van der Waals surface area contributed by atoms with E-state index in [0.717, 1.165) is 22.6 Å². The Bertz CT molecular complexity index is 629. The molecule has 0 aliphatic carbocycles. The second kappa shape index (κ2) is 7.47. The lowest BCUT2D eigenvalue weighted by Gasteiger charge is -2.19. The summed E-state index contributed by atoms with van der Waals surface area (Å²) in [6, 6.07) is 14.8. The number of aliphatic hydroxyl groups is 1. The average Bonchev–Trinajstić information content (AvgIpc) is 2.50. The largest absolute Gasteiger partial charge is 0.395 e. The summed E-state index contributed by atoms with van der Waals surface area (Å²) < 4.78 is 0. The van der Waals surface area contributed by atoms with Crippen LogP contribution in [0.2, 0.25) is 0 Å². The molecule has 2 aromatic rings. The number of para-hydroxylation sites is 1. The molecule has 0 spiro atoms. The monoisotopic (exact) mass is 299 g/mol. The molecule has 116 valence electrons. The first-order valence-electron chi connectivity index (χ1n) is 7.16. The van der Waals surface area contributed by atoms with Crippen LogP contribution in [0.3, 0.4) is 0 Å². The fourth-order valence-electron chi connectivity index (χ4n) is 2.11. The summed E-state index contributed by atoms with van der Waals surface area (Å²) in [6.45, 7) is 2.62. The van der Waals surface area contributed by atoms with Crippen molar-refractivity contribution in [1.82, 2.24) is 0 Å². The first kappa shape index (κ1) is 15.9. The molecule has 3 N–H and O–H groups in total. The van der Waals surface area contributed by atoms with Crippen LogP contribution in [0.1, 0.15) is 5.56 Å². The van der Waals surface area contributed by atoms with Gasteiger partial charge in [-0.3, -0.25) is 0 Å². The number of aryl methyl sites for hydroxylation is 1. The van der Waals surface area contributed by atoms with Gasteiger partial charge in [0, 0.05) is 30.7 Å². The maximum absolute atomic E-state index is 12.0. The lowest BCUT2D eigenvalue weighted by molar-refractivity contribution is 0.262. The van der Waals surface area contributed by atoms with Crippen LogP contribution in [0.4, 0.5) is 21.9 Å². The second-order valence-corrected chi connectivity index (χ2v) is 5.09. The number of hydrogen-bond donors (Lipinski definition) is 3. The molecular formula is C17H21N3O2. The van der Waals surface area contributed by atoms with Gasteiger partial charge in [-0.2, -0.15) is 0 Å². The Balaban J connectivity index is 2.02. The van der Waals surface area contributed by atoms with Gasteiger partial charge in [0.25, 0.3) is 0 Å². The molecule has 22 heavy (non-hydrogen) atoms. The highest BCUT2D eigenvalue weighted by Gasteiger charge is 2.07. The van der Waals surface area contributed by atoms with Crippen molar-refractivity contribution in [3.05, 3.63) is 54.1 Å². The van der Waals surface area contributed by atoms with Crippen LogP contribution in [0.5, 0.6) is 0 Å². The van der Waals surface area contributed by atoms with Crippen molar-refractivity contribution in [3.8, 4) is 0 Å². The number of likely N-dealkylation sites (N-methyl/N-ethyl adjacent to an activating group) is 1. The molecule has 0 bridgehead atoms. The van der Waals surface area contributed by atoms with Gasteiger partial charge in [0.15, 0.2) is 0 Å². The zero-order valence-corrected chi connectivity index (χ0v) is 12.8.